The molecule has 18 heteroatoms. The van der Waals surface area contributed by atoms with Crippen LogP contribution >= 0.6 is 11.8 Å². The summed E-state index contributed by atoms with van der Waals surface area (Å²) >= 11 is 0.658. The lowest BCUT2D eigenvalue weighted by Gasteiger charge is -2.27. The number of aromatic nitrogens is 3. The van der Waals surface area contributed by atoms with Gasteiger partial charge in [0.1, 0.15) is 24.2 Å². The van der Waals surface area contributed by atoms with Crippen molar-refractivity contribution in [2.24, 2.45) is 5.73 Å². The smallest absolute Gasteiger partial charge is 0.243 e. The van der Waals surface area contributed by atoms with Crippen molar-refractivity contribution in [3.8, 4) is 0 Å². The van der Waals surface area contributed by atoms with E-state index in [1.807, 2.05) is 24.3 Å². The molecule has 5 atom stereocenters. The van der Waals surface area contributed by atoms with Crippen molar-refractivity contribution >= 4 is 63.2 Å². The highest BCUT2D eigenvalue weighted by Gasteiger charge is 2.33. The van der Waals surface area contributed by atoms with Crippen molar-refractivity contribution in [1.82, 2.24) is 46.9 Å². The van der Waals surface area contributed by atoms with Gasteiger partial charge in [0.25, 0.3) is 0 Å². The minimum absolute atomic E-state index is 0.0270. The van der Waals surface area contributed by atoms with Crippen molar-refractivity contribution in [3.63, 3.8) is 0 Å². The molecule has 0 radical (unpaired) electrons. The van der Waals surface area contributed by atoms with Gasteiger partial charge in [-0.15, -0.1) is 0 Å². The Kier molecular flexibility index (Phi) is 14.7. The van der Waals surface area contributed by atoms with Crippen LogP contribution in [-0.4, -0.2) is 105 Å². The molecule has 0 aliphatic carbocycles. The predicted octanol–water partition coefficient (Wildman–Crippen LogP) is -0.509. The summed E-state index contributed by atoms with van der Waals surface area (Å²) in [4.78, 5) is 105. The molecule has 1 aliphatic rings. The van der Waals surface area contributed by atoms with E-state index in [0.29, 0.717) is 35.0 Å². The lowest BCUT2D eigenvalue weighted by atomic mass is 10.0. The van der Waals surface area contributed by atoms with Gasteiger partial charge >= 0.3 is 0 Å². The Labute approximate surface area is 326 Å². The number of amides is 6. The van der Waals surface area contributed by atoms with Crippen molar-refractivity contribution in [1.29, 1.82) is 0 Å². The van der Waals surface area contributed by atoms with Gasteiger partial charge in [-0.25, -0.2) is 4.98 Å². The van der Waals surface area contributed by atoms with Crippen molar-refractivity contribution < 1.29 is 33.6 Å². The van der Waals surface area contributed by atoms with Crippen LogP contribution in [0.2, 0.25) is 0 Å². The summed E-state index contributed by atoms with van der Waals surface area (Å²) in [6, 6.07) is 11.6. The number of hydrogen-bond donors (Lipinski definition) is 9. The maximum Gasteiger partial charge on any atom is 0.243 e. The fourth-order valence-electron chi connectivity index (χ4n) is 6.13. The van der Waals surface area contributed by atoms with Crippen LogP contribution in [0.5, 0.6) is 0 Å². The molecule has 6 amide bonds. The second-order valence-electron chi connectivity index (χ2n) is 13.3. The van der Waals surface area contributed by atoms with Gasteiger partial charge in [0.15, 0.2) is 0 Å². The number of rotatable bonds is 9. The Balaban J connectivity index is 1.47. The molecule has 5 rings (SSSR count). The van der Waals surface area contributed by atoms with E-state index >= 15 is 0 Å². The molecule has 2 aromatic heterocycles. The number of thioether (sulfide) groups is 1. The Morgan fingerprint density at radius 1 is 0.696 bits per heavy atom. The number of carbonyl (C=O) groups excluding carboxylic acids is 7. The summed E-state index contributed by atoms with van der Waals surface area (Å²) in [5.74, 6) is -4.09. The molecule has 1 aliphatic heterocycles. The number of para-hydroxylation sites is 1. The molecule has 1 fully saturated rings. The lowest BCUT2D eigenvalue weighted by Crippen LogP contribution is -2.59. The normalized spacial score (nSPS) is 22.5. The molecule has 3 heterocycles. The largest absolute Gasteiger partial charge is 0.361 e. The average molecular weight is 787 g/mol. The summed E-state index contributed by atoms with van der Waals surface area (Å²) in [5.41, 5.74) is 8.57. The molecule has 56 heavy (non-hydrogen) atoms. The van der Waals surface area contributed by atoms with E-state index < -0.39 is 83.1 Å². The van der Waals surface area contributed by atoms with Crippen LogP contribution in [0.3, 0.4) is 0 Å². The highest BCUT2D eigenvalue weighted by atomic mass is 32.2. The van der Waals surface area contributed by atoms with E-state index in [1.165, 1.54) is 19.4 Å². The molecule has 1 saturated heterocycles. The number of carbonyl (C=O) groups is 7. The minimum atomic E-state index is -1.22. The molecule has 2 aromatic carbocycles. The van der Waals surface area contributed by atoms with Crippen molar-refractivity contribution in [3.05, 3.63) is 90.1 Å². The maximum atomic E-state index is 14.1. The van der Waals surface area contributed by atoms with Gasteiger partial charge < -0.3 is 47.6 Å². The van der Waals surface area contributed by atoms with Crippen LogP contribution in [0, 0.1) is 0 Å². The summed E-state index contributed by atoms with van der Waals surface area (Å²) in [6.07, 6.45) is 5.10. The molecule has 2 unspecified atom stereocenters. The van der Waals surface area contributed by atoms with E-state index in [2.05, 4.69) is 46.9 Å². The van der Waals surface area contributed by atoms with Crippen LogP contribution in [0.1, 0.15) is 36.6 Å². The third kappa shape index (κ3) is 11.7. The Morgan fingerprint density at radius 3 is 2.05 bits per heavy atom. The number of aromatic amines is 2. The van der Waals surface area contributed by atoms with Gasteiger partial charge in [0.2, 0.25) is 40.6 Å². The summed E-state index contributed by atoms with van der Waals surface area (Å²) in [7, 11) is 0. The first-order valence-electron chi connectivity index (χ1n) is 18.2. The summed E-state index contributed by atoms with van der Waals surface area (Å²) in [6.45, 7) is 0.727. The van der Waals surface area contributed by atoms with Crippen LogP contribution in [0.4, 0.5) is 0 Å². The summed E-state index contributed by atoms with van der Waals surface area (Å²) < 4.78 is 0. The van der Waals surface area contributed by atoms with Gasteiger partial charge in [-0.3, -0.25) is 33.6 Å². The van der Waals surface area contributed by atoms with Crippen LogP contribution in [0.25, 0.3) is 10.9 Å². The van der Waals surface area contributed by atoms with Crippen molar-refractivity contribution in [2.45, 2.75) is 68.4 Å². The van der Waals surface area contributed by atoms with E-state index in [-0.39, 0.29) is 32.2 Å². The van der Waals surface area contributed by atoms with Gasteiger partial charge in [0.05, 0.1) is 24.7 Å². The number of nitrogens with two attached hydrogens (primary N) is 1. The molecule has 296 valence electrons. The van der Waals surface area contributed by atoms with E-state index in [9.17, 15) is 33.6 Å². The van der Waals surface area contributed by atoms with Gasteiger partial charge in [-0.05, 0) is 43.5 Å². The monoisotopic (exact) mass is 786 g/mol. The average Bonchev–Trinajstić information content (AvgIpc) is 3.87. The zero-order valence-corrected chi connectivity index (χ0v) is 31.6. The lowest BCUT2D eigenvalue weighted by molar-refractivity contribution is -0.134. The number of imidazole rings is 1. The summed E-state index contributed by atoms with van der Waals surface area (Å²) in [5, 5.41) is 15.3. The molecule has 0 bridgehead atoms. The quantitative estimate of drug-likeness (QED) is 0.105. The zero-order valence-electron chi connectivity index (χ0n) is 30.8. The van der Waals surface area contributed by atoms with E-state index in [4.69, 9.17) is 5.73 Å². The number of nitrogens with zero attached hydrogens (tertiary/aromatic N) is 1. The second-order valence-corrected chi connectivity index (χ2v) is 14.7. The first kappa shape index (κ1) is 41.2. The molecule has 10 N–H and O–H groups in total. The number of H-pyrrole nitrogens is 2. The Hall–Kier alpha value is -6.01. The Morgan fingerprint density at radius 2 is 1.34 bits per heavy atom. The molecular formula is C38H46N10O7S. The zero-order chi connectivity index (χ0) is 40.0. The fourth-order valence-corrected chi connectivity index (χ4v) is 6.85. The van der Waals surface area contributed by atoms with E-state index in [0.717, 1.165) is 10.9 Å². The third-order valence-electron chi connectivity index (χ3n) is 9.12. The fraction of sp³-hybridized carbons (Fsp3) is 0.368. The number of benzene rings is 2. The molecule has 4 aromatic rings. The standard InChI is InChI=1S/C38H46N10O7S/c1-22-34(51)46-31(16-25-18-40-21-44-25)38(55)47-29(14-23-8-3-2-4-9-23)37(54)45-28(12-7-13-39)36(53)48-30(15-24-17-41-27-11-6-5-10-26(24)27)35(52)43-19-32(49)42-20-33(50)56-22/h2-6,8-11,17-18,21-22,28-31,41H,7,12-16,19-20,39H2,1H3,(H,40,44)(H,42,49)(H,43,52)(H,45,54)(H,46,51)(H,47,55)(H,48,53)/t22?,28-,29?,30-,31-/m0/s1. The van der Waals surface area contributed by atoms with Gasteiger partial charge in [-0.2, -0.15) is 0 Å². The van der Waals surface area contributed by atoms with Gasteiger partial charge in [-0.1, -0.05) is 60.3 Å². The van der Waals surface area contributed by atoms with Crippen molar-refractivity contribution in [2.75, 3.05) is 19.6 Å². The predicted molar refractivity (Wildman–Crippen MR) is 209 cm³/mol. The maximum absolute atomic E-state index is 14.1. The van der Waals surface area contributed by atoms with E-state index in [1.54, 1.807) is 36.5 Å². The topological polar surface area (TPSA) is 262 Å². The van der Waals surface area contributed by atoms with Gasteiger partial charge in [0, 0.05) is 48.3 Å². The number of fused-ring (bicyclic) bond motifs is 1. The van der Waals surface area contributed by atoms with Crippen LogP contribution in [-0.2, 0) is 52.8 Å². The first-order chi connectivity index (χ1) is 27.0. The molecule has 0 spiro atoms. The highest BCUT2D eigenvalue weighted by molar-refractivity contribution is 8.14. The second kappa shape index (κ2) is 20.1. The SMILES string of the molecule is CC1SC(=O)CNC(=O)CNC(=O)[C@H](Cc2c[nH]c3ccccc23)NC(=O)[C@H](CCCN)NC(=O)C(Cc2ccccc2)NC(=O)[C@H](Cc2cnc[nH]2)NC1=O. The molecular weight excluding hydrogens is 741 g/mol. The third-order valence-corrected chi connectivity index (χ3v) is 10.1. The molecule has 0 saturated carbocycles. The van der Waals surface area contributed by atoms with Crippen LogP contribution in [0.15, 0.2) is 73.3 Å². The number of hydrogen-bond acceptors (Lipinski definition) is 10. The minimum Gasteiger partial charge on any atom is -0.361 e. The first-order valence-corrected chi connectivity index (χ1v) is 19.1. The Bertz CT molecular complexity index is 2010. The molecule has 17 nitrogen and oxygen atoms in total. The number of nitrogens with one attached hydrogen (secondary N) is 8. The van der Waals surface area contributed by atoms with Crippen LogP contribution < -0.4 is 37.6 Å². The highest BCUT2D eigenvalue weighted by Crippen LogP contribution is 2.20.